The van der Waals surface area contributed by atoms with Crippen LogP contribution in [0.4, 0.5) is 30.4 Å². The molecule has 92 heavy (non-hydrogen) atoms. The Morgan fingerprint density at radius 1 is 0.435 bits per heavy atom. The maximum absolute atomic E-state index is 14.0. The predicted molar refractivity (Wildman–Crippen MR) is 364 cm³/mol. The molecule has 6 aliphatic heterocycles. The number of hydrogen-bond acceptors (Lipinski definition) is 13. The molecule has 0 N–H and O–H groups in total. The van der Waals surface area contributed by atoms with E-state index in [1.54, 1.807) is 24.3 Å². The van der Waals surface area contributed by atoms with Gasteiger partial charge in [0.15, 0.2) is 0 Å². The highest BCUT2D eigenvalue weighted by Gasteiger charge is 2.41. The molecule has 6 aromatic rings. The first kappa shape index (κ1) is 66.2. The quantitative estimate of drug-likeness (QED) is 0.119. The highest BCUT2D eigenvalue weighted by atomic mass is 32.2. The van der Waals surface area contributed by atoms with Gasteiger partial charge in [0.05, 0.1) is 48.1 Å². The Hall–Kier alpha value is -7.30. The zero-order valence-electron chi connectivity index (χ0n) is 52.8. The van der Waals surface area contributed by atoms with E-state index in [2.05, 4.69) is 52.2 Å². The zero-order valence-corrected chi connectivity index (χ0v) is 55.2. The summed E-state index contributed by atoms with van der Waals surface area (Å²) in [5.74, 6) is 15.7. The fourth-order valence-corrected chi connectivity index (χ4v) is 18.3. The van der Waals surface area contributed by atoms with E-state index >= 15 is 0 Å². The van der Waals surface area contributed by atoms with Gasteiger partial charge in [-0.05, 0) is 188 Å². The third-order valence-corrected chi connectivity index (χ3v) is 25.1. The van der Waals surface area contributed by atoms with Crippen LogP contribution < -0.4 is 14.7 Å². The SMILES string of the molecule is C=S1(=O)CCC(C(=O)N2CCN(c3ccc(C)cn3)CC2c2cccc(F)c2)CC1.C=S1(=O)CCC(C(=O)N2CCN(c3ccc(C)nc3)CC2c2cccc(F)c2)CC1.C=S1(=O)CCC(C(=O)N2CCN(c3cnc(C4CC4)nc3)CC2c2ccc(F)cc2)CC1. The normalized spacial score (nSPS) is 27.6. The number of aromatic nitrogens is 4. The Balaban J connectivity index is 0.000000141. The number of benzene rings is 3. The third-order valence-electron chi connectivity index (χ3n) is 19.2. The van der Waals surface area contributed by atoms with Gasteiger partial charge in [-0.1, -0.05) is 42.5 Å². The molecule has 1 saturated carbocycles. The predicted octanol–water partition coefficient (Wildman–Crippen LogP) is 9.10. The van der Waals surface area contributed by atoms with E-state index in [4.69, 9.17) is 0 Å². The molecule has 6 saturated heterocycles. The van der Waals surface area contributed by atoms with Crippen LogP contribution in [0, 0.1) is 49.1 Å². The second kappa shape index (κ2) is 28.5. The summed E-state index contributed by atoms with van der Waals surface area (Å²) in [6, 6.07) is 26.8. The fraction of sp³-hybridized carbons (Fsp3) is 0.457. The topological polar surface area (TPSA) is 173 Å². The third kappa shape index (κ3) is 16.5. The van der Waals surface area contributed by atoms with Crippen molar-refractivity contribution in [1.29, 1.82) is 0 Å². The molecule has 0 bridgehead atoms. The number of anilines is 3. The molecule has 0 radical (unpaired) electrons. The summed E-state index contributed by atoms with van der Waals surface area (Å²) < 4.78 is 78.2. The summed E-state index contributed by atoms with van der Waals surface area (Å²) in [6.45, 7) is 9.42. The largest absolute Gasteiger partial charge is 0.366 e. The van der Waals surface area contributed by atoms with E-state index < -0.39 is 28.6 Å². The lowest BCUT2D eigenvalue weighted by atomic mass is 9.96. The average Bonchev–Trinajstić information content (AvgIpc) is 0.834. The summed E-state index contributed by atoms with van der Waals surface area (Å²) in [5, 5.41) is 0. The van der Waals surface area contributed by atoms with Crippen LogP contribution in [0.1, 0.15) is 109 Å². The molecule has 3 unspecified atom stereocenters. The summed E-state index contributed by atoms with van der Waals surface area (Å²) >= 11 is 0. The van der Waals surface area contributed by atoms with Gasteiger partial charge in [0, 0.05) is 129 Å². The Labute approximate surface area is 541 Å². The van der Waals surface area contributed by atoms with Crippen LogP contribution in [-0.2, 0) is 42.9 Å². The molecule has 7 aliphatic rings. The average molecular weight is 1320 g/mol. The minimum atomic E-state index is -2.04. The molecule has 3 aromatic carbocycles. The lowest BCUT2D eigenvalue weighted by Crippen LogP contribution is -2.53. The number of nitrogens with zero attached hydrogens (tertiary/aromatic N) is 10. The number of aryl methyl sites for hydroxylation is 2. The molecule has 3 aromatic heterocycles. The van der Waals surface area contributed by atoms with Crippen molar-refractivity contribution in [3.05, 3.63) is 173 Å². The molecule has 1 aliphatic carbocycles. The molecule has 9 heterocycles. The molecule has 22 heteroatoms. The zero-order chi connectivity index (χ0) is 64.9. The second-order valence-electron chi connectivity index (χ2n) is 26.0. The van der Waals surface area contributed by atoms with E-state index in [0.29, 0.717) is 138 Å². The summed E-state index contributed by atoms with van der Waals surface area (Å²) in [5.41, 5.74) is 6.49. The maximum Gasteiger partial charge on any atom is 0.226 e. The molecule has 3 atom stereocenters. The van der Waals surface area contributed by atoms with Crippen LogP contribution in [0.5, 0.6) is 0 Å². The van der Waals surface area contributed by atoms with Crippen LogP contribution in [0.3, 0.4) is 0 Å². The van der Waals surface area contributed by atoms with Crippen molar-refractivity contribution >= 4 is 81.1 Å². The van der Waals surface area contributed by atoms with Crippen molar-refractivity contribution in [3.63, 3.8) is 0 Å². The molecule has 3 amide bonds. The lowest BCUT2D eigenvalue weighted by Gasteiger charge is -2.44. The Morgan fingerprint density at radius 3 is 1.27 bits per heavy atom. The Morgan fingerprint density at radius 2 is 0.859 bits per heavy atom. The van der Waals surface area contributed by atoms with Gasteiger partial charge in [-0.25, -0.2) is 28.1 Å². The number of amides is 3. The fourth-order valence-electron chi connectivity index (χ4n) is 13.5. The number of piperazine rings is 3. The number of carbonyl (C=O) groups is 3. The monoisotopic (exact) mass is 1310 g/mol. The van der Waals surface area contributed by atoms with Gasteiger partial charge in [0.2, 0.25) is 17.7 Å². The van der Waals surface area contributed by atoms with Crippen LogP contribution in [0.25, 0.3) is 0 Å². The molecule has 7 fully saturated rings. The number of hydrogen-bond donors (Lipinski definition) is 0. The first-order valence-electron chi connectivity index (χ1n) is 32.1. The molecular formula is C70H85F3N10O6S3. The highest BCUT2D eigenvalue weighted by Crippen LogP contribution is 2.39. The van der Waals surface area contributed by atoms with Gasteiger partial charge < -0.3 is 29.4 Å². The first-order chi connectivity index (χ1) is 44.0. The van der Waals surface area contributed by atoms with Crippen molar-refractivity contribution < 1.29 is 40.2 Å². The van der Waals surface area contributed by atoms with Crippen molar-refractivity contribution in [1.82, 2.24) is 34.6 Å². The van der Waals surface area contributed by atoms with E-state index in [1.165, 1.54) is 36.4 Å². The smallest absolute Gasteiger partial charge is 0.226 e. The first-order valence-corrected chi connectivity index (χ1v) is 38.3. The van der Waals surface area contributed by atoms with Gasteiger partial charge in [-0.2, -0.15) is 0 Å². The Bertz CT molecular complexity index is 3730. The van der Waals surface area contributed by atoms with Gasteiger partial charge in [-0.3, -0.25) is 32.0 Å². The van der Waals surface area contributed by atoms with Crippen molar-refractivity contribution in [2.45, 2.75) is 89.3 Å². The van der Waals surface area contributed by atoms with Gasteiger partial charge in [-0.15, -0.1) is 0 Å². The minimum Gasteiger partial charge on any atom is -0.366 e. The Kier molecular flexibility index (Phi) is 20.5. The minimum absolute atomic E-state index is 0.0793. The number of halogens is 3. The number of pyridine rings is 2. The van der Waals surface area contributed by atoms with Gasteiger partial charge in [0.25, 0.3) is 0 Å². The molecule has 16 nitrogen and oxygen atoms in total. The summed E-state index contributed by atoms with van der Waals surface area (Å²) in [7, 11) is -6.11. The number of rotatable bonds is 10. The van der Waals surface area contributed by atoms with E-state index in [0.717, 1.165) is 63.8 Å². The van der Waals surface area contributed by atoms with Crippen molar-refractivity contribution in [2.75, 3.05) is 108 Å². The molecule has 13 rings (SSSR count). The molecule has 0 spiro atoms. The molecular weight excluding hydrogens is 1230 g/mol. The maximum atomic E-state index is 14.0. The highest BCUT2D eigenvalue weighted by molar-refractivity contribution is 8.00. The summed E-state index contributed by atoms with van der Waals surface area (Å²) in [4.78, 5) is 70.6. The second-order valence-corrected chi connectivity index (χ2v) is 34.3. The lowest BCUT2D eigenvalue weighted by molar-refractivity contribution is -0.139. The van der Waals surface area contributed by atoms with Crippen LogP contribution in [0.15, 0.2) is 122 Å². The number of carbonyl (C=O) groups excluding carboxylic acids is 3. The van der Waals surface area contributed by atoms with Crippen LogP contribution in [0.2, 0.25) is 0 Å². The van der Waals surface area contributed by atoms with E-state index in [1.807, 2.05) is 89.7 Å². The summed E-state index contributed by atoms with van der Waals surface area (Å²) in [6.07, 6.45) is 13.4. The van der Waals surface area contributed by atoms with E-state index in [-0.39, 0.29) is 71.1 Å². The van der Waals surface area contributed by atoms with Gasteiger partial charge >= 0.3 is 0 Å². The van der Waals surface area contributed by atoms with Crippen molar-refractivity contribution in [3.8, 4) is 0 Å². The van der Waals surface area contributed by atoms with Gasteiger partial charge in [0.1, 0.15) is 29.1 Å². The standard InChI is InChI=1S/C24H29FN4O2S.2C23H28FN3O2S/c1-32(31)12-8-19(9-13-32)24(30)29-11-10-28(16-22(29)17-4-6-20(25)7-5-17)21-14-26-23(27-15-21)18-2-3-18;1-17-6-7-21(15-25-17)26-10-11-27(22(16-26)19-4-3-5-20(24)14-19)23(28)18-8-12-30(2,29)13-9-18;1-17-6-7-22(25-15-17)26-10-11-27(21(16-26)19-4-3-5-20(24)14-19)23(28)18-8-12-30(2,29)13-9-18/h4-7,14-15,18-19,22H,1-3,8-13,16H2;3-7,14-15,18,22H,2,8-13,16H2,1H3;3-7,14-15,18,21H,2,8-13,16H2,1H3. The van der Waals surface area contributed by atoms with Crippen LogP contribution >= 0.6 is 0 Å². The van der Waals surface area contributed by atoms with Crippen molar-refractivity contribution in [2.24, 2.45) is 17.8 Å². The van der Waals surface area contributed by atoms with Crippen LogP contribution in [-0.4, -0.2) is 176 Å². The molecule has 490 valence electrons. The van der Waals surface area contributed by atoms with E-state index in [9.17, 15) is 40.2 Å².